The van der Waals surface area contributed by atoms with Crippen LogP contribution in [-0.4, -0.2) is 43.2 Å². The zero-order valence-corrected chi connectivity index (χ0v) is 17.0. The number of piperidine rings is 1. The molecular weight excluding hydrogens is 370 g/mol. The molecule has 1 saturated carbocycles. The van der Waals surface area contributed by atoms with Gasteiger partial charge in [0.15, 0.2) is 0 Å². The summed E-state index contributed by atoms with van der Waals surface area (Å²) >= 11 is 0. The Labute approximate surface area is 169 Å². The van der Waals surface area contributed by atoms with E-state index in [2.05, 4.69) is 10.1 Å². The minimum atomic E-state index is -0.206. The Kier molecular flexibility index (Phi) is 5.34. The summed E-state index contributed by atoms with van der Waals surface area (Å²) < 4.78 is 3.03. The van der Waals surface area contributed by atoms with Gasteiger partial charge in [-0.2, -0.15) is 5.10 Å². The highest BCUT2D eigenvalue weighted by Crippen LogP contribution is 2.38. The maximum Gasteiger partial charge on any atom is 0.274 e. The standard InChI is InChI=1S/C21H27N5O3/c1-14(2)26-19(27)6-5-17(23-26)21(29)24-9-7-15(8-10-24)12-25-13-22-18(11-20(25)28)16-3-4-16/h5-6,11,13-16H,3-4,7-10,12H2,1-2H3. The summed E-state index contributed by atoms with van der Waals surface area (Å²) in [7, 11) is 0. The Bertz CT molecular complexity index is 1010. The largest absolute Gasteiger partial charge is 0.337 e. The molecule has 2 aliphatic rings. The van der Waals surface area contributed by atoms with Gasteiger partial charge >= 0.3 is 0 Å². The van der Waals surface area contributed by atoms with E-state index in [1.54, 1.807) is 21.9 Å². The number of likely N-dealkylation sites (tertiary alicyclic amines) is 1. The second-order valence-corrected chi connectivity index (χ2v) is 8.41. The lowest BCUT2D eigenvalue weighted by Gasteiger charge is -2.32. The molecule has 2 fully saturated rings. The molecule has 1 aliphatic heterocycles. The van der Waals surface area contributed by atoms with Gasteiger partial charge in [-0.3, -0.25) is 19.0 Å². The second kappa shape index (κ2) is 7.93. The first kappa shape index (κ1) is 19.5. The molecule has 0 aromatic carbocycles. The van der Waals surface area contributed by atoms with E-state index in [1.165, 1.54) is 16.8 Å². The van der Waals surface area contributed by atoms with Gasteiger partial charge in [-0.1, -0.05) is 0 Å². The average Bonchev–Trinajstić information content (AvgIpc) is 3.55. The third-order valence-electron chi connectivity index (χ3n) is 5.79. The van der Waals surface area contributed by atoms with E-state index in [4.69, 9.17) is 0 Å². The smallest absolute Gasteiger partial charge is 0.274 e. The Morgan fingerprint density at radius 3 is 2.45 bits per heavy atom. The molecule has 0 bridgehead atoms. The van der Waals surface area contributed by atoms with Crippen molar-refractivity contribution < 1.29 is 4.79 Å². The van der Waals surface area contributed by atoms with Gasteiger partial charge in [0.2, 0.25) is 0 Å². The topological polar surface area (TPSA) is 90.1 Å². The lowest BCUT2D eigenvalue weighted by Crippen LogP contribution is -2.41. The molecule has 2 aromatic heterocycles. The van der Waals surface area contributed by atoms with Gasteiger partial charge in [0.25, 0.3) is 17.0 Å². The molecule has 3 heterocycles. The van der Waals surface area contributed by atoms with Crippen molar-refractivity contribution in [2.24, 2.45) is 5.92 Å². The summed E-state index contributed by atoms with van der Waals surface area (Å²) in [4.78, 5) is 43.2. The lowest BCUT2D eigenvalue weighted by atomic mass is 9.96. The molecule has 8 nitrogen and oxygen atoms in total. The third kappa shape index (κ3) is 4.31. The fourth-order valence-corrected chi connectivity index (χ4v) is 3.85. The van der Waals surface area contributed by atoms with Crippen molar-refractivity contribution in [3.8, 4) is 0 Å². The highest BCUT2D eigenvalue weighted by atomic mass is 16.2. The number of hydrogen-bond donors (Lipinski definition) is 0. The van der Waals surface area contributed by atoms with Gasteiger partial charge in [0.05, 0.1) is 18.1 Å². The van der Waals surface area contributed by atoms with Crippen LogP contribution in [0, 0.1) is 5.92 Å². The summed E-state index contributed by atoms with van der Waals surface area (Å²) in [5.41, 5.74) is 1.03. The molecule has 1 amide bonds. The molecule has 1 aliphatic carbocycles. The molecule has 0 unspecified atom stereocenters. The minimum Gasteiger partial charge on any atom is -0.337 e. The van der Waals surface area contributed by atoms with Gasteiger partial charge in [-0.05, 0) is 51.5 Å². The van der Waals surface area contributed by atoms with Crippen molar-refractivity contribution in [2.75, 3.05) is 13.1 Å². The summed E-state index contributed by atoms with van der Waals surface area (Å²) in [6, 6.07) is 4.48. The number of amides is 1. The first-order valence-electron chi connectivity index (χ1n) is 10.4. The molecule has 154 valence electrons. The Hall–Kier alpha value is -2.77. The molecular formula is C21H27N5O3. The summed E-state index contributed by atoms with van der Waals surface area (Å²) in [6.45, 7) is 5.60. The highest BCUT2D eigenvalue weighted by molar-refractivity contribution is 5.92. The molecule has 1 saturated heterocycles. The van der Waals surface area contributed by atoms with Crippen LogP contribution in [0.5, 0.6) is 0 Å². The van der Waals surface area contributed by atoms with Gasteiger partial charge in [-0.15, -0.1) is 0 Å². The monoisotopic (exact) mass is 397 g/mol. The highest BCUT2D eigenvalue weighted by Gasteiger charge is 2.27. The van der Waals surface area contributed by atoms with Crippen LogP contribution in [0.3, 0.4) is 0 Å². The summed E-state index contributed by atoms with van der Waals surface area (Å²) in [5.74, 6) is 0.665. The van der Waals surface area contributed by atoms with Crippen LogP contribution in [0.2, 0.25) is 0 Å². The molecule has 0 spiro atoms. The van der Waals surface area contributed by atoms with Crippen molar-refractivity contribution in [3.63, 3.8) is 0 Å². The van der Waals surface area contributed by atoms with E-state index < -0.39 is 0 Å². The van der Waals surface area contributed by atoms with Gasteiger partial charge in [0, 0.05) is 37.7 Å². The predicted molar refractivity (Wildman–Crippen MR) is 108 cm³/mol. The number of nitrogens with zero attached hydrogens (tertiary/aromatic N) is 5. The molecule has 0 radical (unpaired) electrons. The average molecular weight is 397 g/mol. The Balaban J connectivity index is 1.37. The minimum absolute atomic E-state index is 0.0144. The molecule has 29 heavy (non-hydrogen) atoms. The van der Waals surface area contributed by atoms with E-state index in [0.717, 1.165) is 31.4 Å². The Morgan fingerprint density at radius 1 is 1.10 bits per heavy atom. The van der Waals surface area contributed by atoms with Crippen molar-refractivity contribution in [1.29, 1.82) is 0 Å². The van der Waals surface area contributed by atoms with Crippen molar-refractivity contribution >= 4 is 5.91 Å². The van der Waals surface area contributed by atoms with Crippen LogP contribution < -0.4 is 11.1 Å². The van der Waals surface area contributed by atoms with Crippen molar-refractivity contribution in [2.45, 2.75) is 58.0 Å². The molecule has 2 aromatic rings. The fourth-order valence-electron chi connectivity index (χ4n) is 3.85. The van der Waals surface area contributed by atoms with Crippen molar-refractivity contribution in [3.05, 3.63) is 56.6 Å². The van der Waals surface area contributed by atoms with Crippen LogP contribution >= 0.6 is 0 Å². The predicted octanol–water partition coefficient (Wildman–Crippen LogP) is 1.81. The first-order valence-corrected chi connectivity index (χ1v) is 10.4. The molecule has 0 atom stereocenters. The Morgan fingerprint density at radius 2 is 1.83 bits per heavy atom. The lowest BCUT2D eigenvalue weighted by molar-refractivity contribution is 0.0673. The number of aromatic nitrogens is 4. The van der Waals surface area contributed by atoms with Crippen LogP contribution in [0.15, 0.2) is 34.1 Å². The van der Waals surface area contributed by atoms with Gasteiger partial charge in [-0.25, -0.2) is 9.67 Å². The first-order chi connectivity index (χ1) is 13.9. The maximum absolute atomic E-state index is 12.8. The zero-order chi connectivity index (χ0) is 20.5. The van der Waals surface area contributed by atoms with Crippen LogP contribution in [0.4, 0.5) is 0 Å². The zero-order valence-electron chi connectivity index (χ0n) is 17.0. The van der Waals surface area contributed by atoms with E-state index in [1.807, 2.05) is 13.8 Å². The van der Waals surface area contributed by atoms with Crippen molar-refractivity contribution in [1.82, 2.24) is 24.2 Å². The van der Waals surface area contributed by atoms with Crippen LogP contribution in [0.1, 0.15) is 67.7 Å². The molecule has 8 heteroatoms. The second-order valence-electron chi connectivity index (χ2n) is 8.41. The van der Waals surface area contributed by atoms with Crippen LogP contribution in [-0.2, 0) is 6.54 Å². The van der Waals surface area contributed by atoms with Gasteiger partial charge in [0.1, 0.15) is 5.69 Å². The third-order valence-corrected chi connectivity index (χ3v) is 5.79. The van der Waals surface area contributed by atoms with E-state index in [9.17, 15) is 14.4 Å². The quantitative estimate of drug-likeness (QED) is 0.768. The number of carbonyl (C=O) groups is 1. The molecule has 4 rings (SSSR count). The number of carbonyl (C=O) groups excluding carboxylic acids is 1. The van der Waals surface area contributed by atoms with E-state index in [0.29, 0.717) is 37.2 Å². The normalized spacial score (nSPS) is 17.7. The van der Waals surface area contributed by atoms with E-state index >= 15 is 0 Å². The maximum atomic E-state index is 12.8. The SMILES string of the molecule is CC(C)n1nc(C(=O)N2CCC(Cn3cnc(C4CC4)cc3=O)CC2)ccc1=O. The fraction of sp³-hybridized carbons (Fsp3) is 0.571. The molecule has 0 N–H and O–H groups in total. The van der Waals surface area contributed by atoms with Gasteiger partial charge < -0.3 is 4.90 Å². The number of rotatable bonds is 5. The number of hydrogen-bond acceptors (Lipinski definition) is 5. The van der Waals surface area contributed by atoms with Crippen LogP contribution in [0.25, 0.3) is 0 Å². The summed E-state index contributed by atoms with van der Waals surface area (Å²) in [5, 5.41) is 4.23. The summed E-state index contributed by atoms with van der Waals surface area (Å²) in [6.07, 6.45) is 5.59. The van der Waals surface area contributed by atoms with E-state index in [-0.39, 0.29) is 23.1 Å².